The highest BCUT2D eigenvalue weighted by Gasteiger charge is 2.03. The van der Waals surface area contributed by atoms with Crippen LogP contribution in [0.2, 0.25) is 0 Å². The van der Waals surface area contributed by atoms with Gasteiger partial charge >= 0.3 is 0 Å². The van der Waals surface area contributed by atoms with E-state index >= 15 is 0 Å². The molecule has 0 spiro atoms. The van der Waals surface area contributed by atoms with Crippen LogP contribution < -0.4 is 0 Å². The molecule has 0 aromatic heterocycles. The van der Waals surface area contributed by atoms with Crippen molar-refractivity contribution in [2.24, 2.45) is 5.92 Å². The van der Waals surface area contributed by atoms with Gasteiger partial charge in [-0.3, -0.25) is 0 Å². The average molecular weight is 96.2 g/mol. The Bertz CT molecular complexity index is 72.1. The molecule has 0 nitrogen and oxygen atoms in total. The summed E-state index contributed by atoms with van der Waals surface area (Å²) in [6.45, 7) is 2.25. The molecule has 0 aromatic carbocycles. The third-order valence-electron chi connectivity index (χ3n) is 1.64. The van der Waals surface area contributed by atoms with Gasteiger partial charge in [-0.15, -0.1) is 0 Å². The van der Waals surface area contributed by atoms with Gasteiger partial charge in [0.2, 0.25) is 0 Å². The molecular formula is C7H12. The maximum Gasteiger partial charge on any atom is -0.0233 e. The fraction of sp³-hybridized carbons (Fsp3) is 0.714. The molecule has 7 heavy (non-hydrogen) atoms. The van der Waals surface area contributed by atoms with E-state index in [0.717, 1.165) is 5.92 Å². The minimum absolute atomic E-state index is 0.917. The zero-order chi connectivity index (χ0) is 5.11. The first-order valence-corrected chi connectivity index (χ1v) is 3.10. The molecule has 0 amide bonds. The van der Waals surface area contributed by atoms with Crippen molar-refractivity contribution in [1.29, 1.82) is 0 Å². The average Bonchev–Trinajstić information content (AvgIpc) is 2.14. The van der Waals surface area contributed by atoms with Crippen LogP contribution in [0.4, 0.5) is 0 Å². The highest BCUT2D eigenvalue weighted by Crippen LogP contribution is 2.18. The van der Waals surface area contributed by atoms with Crippen LogP contribution in [0.25, 0.3) is 0 Å². The maximum atomic E-state index is 2.33. The lowest BCUT2D eigenvalue weighted by Crippen LogP contribution is -1.84. The van der Waals surface area contributed by atoms with Crippen molar-refractivity contribution in [3.8, 4) is 0 Å². The number of hydrogen-bond acceptors (Lipinski definition) is 0. The van der Waals surface area contributed by atoms with Gasteiger partial charge in [-0.1, -0.05) is 19.1 Å². The lowest BCUT2D eigenvalue weighted by Gasteiger charge is -1.97. The predicted molar refractivity (Wildman–Crippen MR) is 32.2 cm³/mol. The summed E-state index contributed by atoms with van der Waals surface area (Å²) in [6, 6.07) is 0. The molecule has 0 fully saturated rings. The third-order valence-corrected chi connectivity index (χ3v) is 1.64. The first kappa shape index (κ1) is 4.89. The summed E-state index contributed by atoms with van der Waals surface area (Å²) in [5, 5.41) is 0. The largest absolute Gasteiger partial charge is 0.0882 e. The van der Waals surface area contributed by atoms with Gasteiger partial charge in [-0.05, 0) is 25.2 Å². The van der Waals surface area contributed by atoms with Crippen LogP contribution in [-0.2, 0) is 0 Å². The van der Waals surface area contributed by atoms with Crippen LogP contribution in [0.1, 0.15) is 26.2 Å². The smallest absolute Gasteiger partial charge is 0.0233 e. The van der Waals surface area contributed by atoms with Gasteiger partial charge in [-0.25, -0.2) is 0 Å². The lowest BCUT2D eigenvalue weighted by molar-refractivity contribution is 0.612. The van der Waals surface area contributed by atoms with E-state index in [4.69, 9.17) is 0 Å². The summed E-state index contributed by atoms with van der Waals surface area (Å²) >= 11 is 0. The molecule has 1 aliphatic carbocycles. The van der Waals surface area contributed by atoms with Crippen molar-refractivity contribution in [3.05, 3.63) is 12.2 Å². The maximum absolute atomic E-state index is 2.33. The van der Waals surface area contributed by atoms with E-state index in [-0.39, 0.29) is 0 Å². The van der Waals surface area contributed by atoms with Crippen LogP contribution in [0.5, 0.6) is 0 Å². The molecule has 40 valence electrons. The van der Waals surface area contributed by atoms with Crippen molar-refractivity contribution in [1.82, 2.24) is 0 Å². The molecule has 1 rings (SSSR count). The Morgan fingerprint density at radius 1 is 1.71 bits per heavy atom. The van der Waals surface area contributed by atoms with Crippen LogP contribution in [0, 0.1) is 5.92 Å². The molecule has 0 heteroatoms. The molecule has 0 unspecified atom stereocenters. The van der Waals surface area contributed by atoms with Crippen molar-refractivity contribution in [3.63, 3.8) is 0 Å². The van der Waals surface area contributed by atoms with Crippen molar-refractivity contribution < 1.29 is 0 Å². The van der Waals surface area contributed by atoms with Crippen LogP contribution in [0.15, 0.2) is 12.2 Å². The number of allylic oxidation sites excluding steroid dienone is 2. The molecule has 1 atom stereocenters. The quantitative estimate of drug-likeness (QED) is 0.439. The van der Waals surface area contributed by atoms with Crippen molar-refractivity contribution >= 4 is 0 Å². The molecule has 0 N–H and O–H groups in total. The van der Waals surface area contributed by atoms with Gasteiger partial charge < -0.3 is 0 Å². The van der Waals surface area contributed by atoms with Crippen LogP contribution >= 0.6 is 0 Å². The van der Waals surface area contributed by atoms with Gasteiger partial charge in [-0.2, -0.15) is 0 Å². The summed E-state index contributed by atoms with van der Waals surface area (Å²) in [5.74, 6) is 0.917. The highest BCUT2D eigenvalue weighted by molar-refractivity contribution is 4.95. The van der Waals surface area contributed by atoms with Gasteiger partial charge in [0.05, 0.1) is 0 Å². The van der Waals surface area contributed by atoms with Gasteiger partial charge in [0.15, 0.2) is 0 Å². The Labute approximate surface area is 45.2 Å². The SMILES string of the molecule is CC[C@@H]1C=CCC1. The third kappa shape index (κ3) is 1.05. The Morgan fingerprint density at radius 3 is 2.86 bits per heavy atom. The van der Waals surface area contributed by atoms with E-state index in [1.165, 1.54) is 19.3 Å². The molecular weight excluding hydrogens is 84.1 g/mol. The minimum atomic E-state index is 0.917. The zero-order valence-electron chi connectivity index (χ0n) is 4.85. The molecule has 0 saturated carbocycles. The van der Waals surface area contributed by atoms with Crippen molar-refractivity contribution in [2.75, 3.05) is 0 Å². The van der Waals surface area contributed by atoms with E-state index < -0.39 is 0 Å². The van der Waals surface area contributed by atoms with Gasteiger partial charge in [0, 0.05) is 0 Å². The molecule has 0 aliphatic heterocycles. The molecule has 0 radical (unpaired) electrons. The number of hydrogen-bond donors (Lipinski definition) is 0. The van der Waals surface area contributed by atoms with E-state index in [0.29, 0.717) is 0 Å². The summed E-state index contributed by atoms with van der Waals surface area (Å²) in [5.41, 5.74) is 0. The summed E-state index contributed by atoms with van der Waals surface area (Å²) in [4.78, 5) is 0. The first-order valence-electron chi connectivity index (χ1n) is 3.10. The summed E-state index contributed by atoms with van der Waals surface area (Å²) in [6.07, 6.45) is 8.67. The zero-order valence-corrected chi connectivity index (χ0v) is 4.85. The normalized spacial score (nSPS) is 29.0. The number of rotatable bonds is 1. The van der Waals surface area contributed by atoms with E-state index in [2.05, 4.69) is 19.1 Å². The van der Waals surface area contributed by atoms with Crippen LogP contribution in [0.3, 0.4) is 0 Å². The molecule has 0 bridgehead atoms. The molecule has 0 aromatic rings. The second kappa shape index (κ2) is 2.15. The molecule has 0 heterocycles. The lowest BCUT2D eigenvalue weighted by atomic mass is 10.1. The molecule has 0 saturated heterocycles. The Balaban J connectivity index is 2.28. The monoisotopic (exact) mass is 96.1 g/mol. The van der Waals surface area contributed by atoms with Crippen molar-refractivity contribution in [2.45, 2.75) is 26.2 Å². The Hall–Kier alpha value is -0.260. The van der Waals surface area contributed by atoms with Crippen LogP contribution in [-0.4, -0.2) is 0 Å². The van der Waals surface area contributed by atoms with E-state index in [9.17, 15) is 0 Å². The molecule has 1 aliphatic rings. The van der Waals surface area contributed by atoms with Gasteiger partial charge in [0.25, 0.3) is 0 Å². The topological polar surface area (TPSA) is 0 Å². The summed E-state index contributed by atoms with van der Waals surface area (Å²) < 4.78 is 0. The fourth-order valence-electron chi connectivity index (χ4n) is 1.04. The second-order valence-electron chi connectivity index (χ2n) is 2.17. The van der Waals surface area contributed by atoms with E-state index in [1.807, 2.05) is 0 Å². The van der Waals surface area contributed by atoms with E-state index in [1.54, 1.807) is 0 Å². The Morgan fingerprint density at radius 2 is 2.57 bits per heavy atom. The summed E-state index contributed by atoms with van der Waals surface area (Å²) in [7, 11) is 0. The van der Waals surface area contributed by atoms with Gasteiger partial charge in [0.1, 0.15) is 0 Å². The second-order valence-corrected chi connectivity index (χ2v) is 2.17. The minimum Gasteiger partial charge on any atom is -0.0882 e. The fourth-order valence-corrected chi connectivity index (χ4v) is 1.04. The standard InChI is InChI=1S/C7H12/c1-2-7-5-3-4-6-7/h3,5,7H,2,4,6H2,1H3/t7-/m1/s1. The highest BCUT2D eigenvalue weighted by atomic mass is 14.1. The Kier molecular flexibility index (Phi) is 1.50. The first-order chi connectivity index (χ1) is 3.43. The predicted octanol–water partition coefficient (Wildman–Crippen LogP) is 2.36.